The molecule has 1 unspecified atom stereocenters. The molecule has 0 fully saturated rings. The molecule has 0 bridgehead atoms. The summed E-state index contributed by atoms with van der Waals surface area (Å²) in [4.78, 5) is 11.8. The van der Waals surface area contributed by atoms with Gasteiger partial charge in [0.1, 0.15) is 5.82 Å². The van der Waals surface area contributed by atoms with E-state index in [-0.39, 0.29) is 22.3 Å². The maximum Gasteiger partial charge on any atom is 0.232 e. The van der Waals surface area contributed by atoms with E-state index in [0.29, 0.717) is 11.3 Å². The molecule has 4 heteroatoms. The number of amides is 1. The normalized spacial score (nSPS) is 19.6. The standard InChI is InChI=1S/C12H13ClFNO/c1-12(2,3)9-7-4-6(14)5-8(13)10(7)15-11(9)16/h4-5,9H,1-3H3,(H,15,16). The predicted molar refractivity (Wildman–Crippen MR) is 62.2 cm³/mol. The van der Waals surface area contributed by atoms with Crippen LogP contribution in [0.4, 0.5) is 10.1 Å². The third-order valence-electron chi connectivity index (χ3n) is 2.77. The molecule has 1 aliphatic rings. The second kappa shape index (κ2) is 3.45. The number of anilines is 1. The molecule has 1 aliphatic heterocycles. The molecule has 1 aromatic carbocycles. The summed E-state index contributed by atoms with van der Waals surface area (Å²) in [6, 6.07) is 2.60. The monoisotopic (exact) mass is 241 g/mol. The fourth-order valence-electron chi connectivity index (χ4n) is 2.15. The largest absolute Gasteiger partial charge is 0.324 e. The molecule has 1 amide bonds. The van der Waals surface area contributed by atoms with Gasteiger partial charge in [0.2, 0.25) is 5.91 Å². The number of hydrogen-bond acceptors (Lipinski definition) is 1. The molecule has 0 spiro atoms. The Labute approximate surface area is 98.8 Å². The zero-order valence-electron chi connectivity index (χ0n) is 9.40. The van der Waals surface area contributed by atoms with Crippen molar-refractivity contribution in [3.05, 3.63) is 28.5 Å². The summed E-state index contributed by atoms with van der Waals surface area (Å²) in [6.45, 7) is 5.85. The summed E-state index contributed by atoms with van der Waals surface area (Å²) in [5, 5.41) is 2.97. The van der Waals surface area contributed by atoms with Gasteiger partial charge in [-0.1, -0.05) is 32.4 Å². The van der Waals surface area contributed by atoms with Gasteiger partial charge in [-0.25, -0.2) is 4.39 Å². The van der Waals surface area contributed by atoms with E-state index in [2.05, 4.69) is 5.32 Å². The molecule has 0 aromatic heterocycles. The molecule has 86 valence electrons. The minimum Gasteiger partial charge on any atom is -0.324 e. The third-order valence-corrected chi connectivity index (χ3v) is 3.07. The first-order chi connectivity index (χ1) is 7.30. The lowest BCUT2D eigenvalue weighted by atomic mass is 9.77. The van der Waals surface area contributed by atoms with Crippen molar-refractivity contribution in [2.75, 3.05) is 5.32 Å². The van der Waals surface area contributed by atoms with Crippen LogP contribution in [0.3, 0.4) is 0 Å². The van der Waals surface area contributed by atoms with E-state index in [1.807, 2.05) is 20.8 Å². The zero-order valence-corrected chi connectivity index (χ0v) is 10.2. The van der Waals surface area contributed by atoms with Crippen molar-refractivity contribution in [2.24, 2.45) is 5.41 Å². The Hall–Kier alpha value is -1.09. The molecule has 0 aliphatic carbocycles. The Morgan fingerprint density at radius 2 is 2.00 bits per heavy atom. The van der Waals surface area contributed by atoms with Crippen LogP contribution in [-0.4, -0.2) is 5.91 Å². The van der Waals surface area contributed by atoms with Gasteiger partial charge in [-0.2, -0.15) is 0 Å². The van der Waals surface area contributed by atoms with Crippen LogP contribution in [0.2, 0.25) is 5.02 Å². The van der Waals surface area contributed by atoms with Crippen molar-refractivity contribution >= 4 is 23.2 Å². The van der Waals surface area contributed by atoms with Crippen LogP contribution in [0.1, 0.15) is 32.3 Å². The van der Waals surface area contributed by atoms with E-state index in [0.717, 1.165) is 0 Å². The number of carbonyl (C=O) groups excluding carboxylic acids is 1. The van der Waals surface area contributed by atoms with Crippen LogP contribution in [-0.2, 0) is 4.79 Å². The maximum absolute atomic E-state index is 13.3. The van der Waals surface area contributed by atoms with Crippen molar-refractivity contribution in [3.63, 3.8) is 0 Å². The Kier molecular flexibility index (Phi) is 2.46. The van der Waals surface area contributed by atoms with E-state index in [1.54, 1.807) is 0 Å². The lowest BCUT2D eigenvalue weighted by Gasteiger charge is -2.25. The van der Waals surface area contributed by atoms with Crippen molar-refractivity contribution in [2.45, 2.75) is 26.7 Å². The van der Waals surface area contributed by atoms with E-state index in [1.165, 1.54) is 12.1 Å². The molecule has 2 rings (SSSR count). The van der Waals surface area contributed by atoms with Gasteiger partial charge in [0.05, 0.1) is 16.6 Å². The van der Waals surface area contributed by atoms with Gasteiger partial charge in [-0.05, 0) is 23.1 Å². The highest BCUT2D eigenvalue weighted by Gasteiger charge is 2.40. The maximum atomic E-state index is 13.3. The number of rotatable bonds is 0. The fraction of sp³-hybridized carbons (Fsp3) is 0.417. The summed E-state index contributed by atoms with van der Waals surface area (Å²) in [7, 11) is 0. The van der Waals surface area contributed by atoms with Crippen molar-refractivity contribution in [1.82, 2.24) is 0 Å². The van der Waals surface area contributed by atoms with Crippen molar-refractivity contribution in [3.8, 4) is 0 Å². The van der Waals surface area contributed by atoms with Gasteiger partial charge in [-0.3, -0.25) is 4.79 Å². The highest BCUT2D eigenvalue weighted by Crippen LogP contribution is 2.46. The molecule has 16 heavy (non-hydrogen) atoms. The van der Waals surface area contributed by atoms with Gasteiger partial charge < -0.3 is 5.32 Å². The molecule has 1 N–H and O–H groups in total. The van der Waals surface area contributed by atoms with Crippen molar-refractivity contribution in [1.29, 1.82) is 0 Å². The van der Waals surface area contributed by atoms with Gasteiger partial charge in [0.15, 0.2) is 0 Å². The molecule has 1 atom stereocenters. The molecule has 0 saturated carbocycles. The van der Waals surface area contributed by atoms with E-state index in [4.69, 9.17) is 11.6 Å². The molecule has 2 nitrogen and oxygen atoms in total. The van der Waals surface area contributed by atoms with Gasteiger partial charge in [-0.15, -0.1) is 0 Å². The van der Waals surface area contributed by atoms with E-state index >= 15 is 0 Å². The predicted octanol–water partition coefficient (Wildman–Crippen LogP) is 3.56. The van der Waals surface area contributed by atoms with Gasteiger partial charge in [0.25, 0.3) is 0 Å². The number of carbonyl (C=O) groups is 1. The SMILES string of the molecule is CC(C)(C)C1C(=O)Nc2c(Cl)cc(F)cc21. The molecular weight excluding hydrogens is 229 g/mol. The summed E-state index contributed by atoms with van der Waals surface area (Å²) >= 11 is 5.90. The first kappa shape index (κ1) is 11.4. The van der Waals surface area contributed by atoms with Crippen LogP contribution in [0.25, 0.3) is 0 Å². The highest BCUT2D eigenvalue weighted by atomic mass is 35.5. The minimum atomic E-state index is -0.408. The molecule has 0 saturated heterocycles. The number of nitrogens with one attached hydrogen (secondary N) is 1. The molecule has 1 heterocycles. The Morgan fingerprint density at radius 3 is 2.56 bits per heavy atom. The summed E-state index contributed by atoms with van der Waals surface area (Å²) in [5.74, 6) is -0.875. The lowest BCUT2D eigenvalue weighted by molar-refractivity contribution is -0.119. The lowest BCUT2D eigenvalue weighted by Crippen LogP contribution is -2.25. The average molecular weight is 242 g/mol. The number of hydrogen-bond donors (Lipinski definition) is 1. The fourth-order valence-corrected chi connectivity index (χ4v) is 2.41. The number of halogens is 2. The smallest absolute Gasteiger partial charge is 0.232 e. The summed E-state index contributed by atoms with van der Waals surface area (Å²) < 4.78 is 13.3. The molecular formula is C12H13ClFNO. The summed E-state index contributed by atoms with van der Waals surface area (Å²) in [5.41, 5.74) is 0.947. The quantitative estimate of drug-likeness (QED) is 0.739. The number of fused-ring (bicyclic) bond motifs is 1. The zero-order chi connectivity index (χ0) is 12.1. The van der Waals surface area contributed by atoms with Crippen molar-refractivity contribution < 1.29 is 9.18 Å². The van der Waals surface area contributed by atoms with E-state index in [9.17, 15) is 9.18 Å². The second-order valence-corrected chi connectivity index (χ2v) is 5.55. The Balaban J connectivity index is 2.61. The highest BCUT2D eigenvalue weighted by molar-refractivity contribution is 6.34. The molecule has 1 aromatic rings. The third kappa shape index (κ3) is 1.69. The van der Waals surface area contributed by atoms with Crippen LogP contribution in [0.5, 0.6) is 0 Å². The number of benzene rings is 1. The van der Waals surface area contributed by atoms with Gasteiger partial charge in [0, 0.05) is 0 Å². The van der Waals surface area contributed by atoms with Crippen LogP contribution in [0.15, 0.2) is 12.1 Å². The Morgan fingerprint density at radius 1 is 1.38 bits per heavy atom. The summed E-state index contributed by atoms with van der Waals surface area (Å²) in [6.07, 6.45) is 0. The Bertz CT molecular complexity index is 465. The minimum absolute atomic E-state index is 0.116. The first-order valence-corrected chi connectivity index (χ1v) is 5.48. The van der Waals surface area contributed by atoms with Crippen LogP contribution in [0, 0.1) is 11.2 Å². The van der Waals surface area contributed by atoms with Crippen LogP contribution >= 0.6 is 11.6 Å². The molecule has 0 radical (unpaired) electrons. The van der Waals surface area contributed by atoms with Crippen LogP contribution < -0.4 is 5.32 Å². The van der Waals surface area contributed by atoms with Gasteiger partial charge >= 0.3 is 0 Å². The average Bonchev–Trinajstić information content (AvgIpc) is 2.40. The second-order valence-electron chi connectivity index (χ2n) is 5.14. The first-order valence-electron chi connectivity index (χ1n) is 5.10. The van der Waals surface area contributed by atoms with E-state index < -0.39 is 5.82 Å². The topological polar surface area (TPSA) is 29.1 Å².